The summed E-state index contributed by atoms with van der Waals surface area (Å²) in [5.74, 6) is -0.610. The number of esters is 1. The van der Waals surface area contributed by atoms with Gasteiger partial charge in [-0.1, -0.05) is 65.7 Å². The van der Waals surface area contributed by atoms with Gasteiger partial charge in [-0.25, -0.2) is 13.2 Å². The number of nitrogens with zero attached hydrogens (tertiary/aromatic N) is 2. The van der Waals surface area contributed by atoms with E-state index in [2.05, 4.69) is 13.8 Å². The van der Waals surface area contributed by atoms with E-state index in [1.165, 1.54) is 0 Å². The molecular formula is C27H45N3O4S. The summed E-state index contributed by atoms with van der Waals surface area (Å²) in [6.07, 6.45) is 12.1. The lowest BCUT2D eigenvalue weighted by atomic mass is 9.81. The largest absolute Gasteiger partial charge is 0.458 e. The fourth-order valence-electron chi connectivity index (χ4n) is 8.01. The zero-order valence-corrected chi connectivity index (χ0v) is 22.7. The highest BCUT2D eigenvalue weighted by atomic mass is 32.2. The molecule has 4 aliphatic rings. The highest BCUT2D eigenvalue weighted by molar-refractivity contribution is 7.90. The van der Waals surface area contributed by atoms with Gasteiger partial charge in [0.1, 0.15) is 10.9 Å². The molecule has 0 aromatic carbocycles. The third kappa shape index (κ3) is 4.24. The normalized spacial score (nSPS) is 33.4. The maximum atomic E-state index is 15.0. The van der Waals surface area contributed by atoms with Crippen molar-refractivity contribution >= 4 is 16.0 Å². The van der Waals surface area contributed by atoms with Gasteiger partial charge < -0.3 is 10.5 Å². The fraction of sp³-hybridized carbons (Fsp3) is 0.926. The van der Waals surface area contributed by atoms with Gasteiger partial charge in [-0.3, -0.25) is 0 Å². The summed E-state index contributed by atoms with van der Waals surface area (Å²) < 4.78 is 36.8. The summed E-state index contributed by atoms with van der Waals surface area (Å²) in [6.45, 7) is 5.98. The smallest absolute Gasteiger partial charge is 0.341 e. The minimum atomic E-state index is -3.80. The summed E-state index contributed by atoms with van der Waals surface area (Å²) in [7, 11) is -3.80. The quantitative estimate of drug-likeness (QED) is 0.472. The third-order valence-electron chi connectivity index (χ3n) is 10.1. The number of hydrogen-bond acceptors (Lipinski definition) is 6. The third-order valence-corrected chi connectivity index (χ3v) is 13.1. The molecule has 4 saturated carbocycles. The molecule has 0 spiro atoms. The fourth-order valence-corrected chi connectivity index (χ4v) is 11.3. The highest BCUT2D eigenvalue weighted by Gasteiger charge is 2.74. The number of sulfonamides is 1. The van der Waals surface area contributed by atoms with Crippen LogP contribution in [-0.2, 0) is 19.6 Å². The van der Waals surface area contributed by atoms with E-state index >= 15 is 8.42 Å². The van der Waals surface area contributed by atoms with Gasteiger partial charge in [0.05, 0.1) is 6.07 Å². The second-order valence-electron chi connectivity index (χ2n) is 12.2. The number of nitrogens with two attached hydrogens (primary N) is 1. The standard InChI is InChI=1S/C27H45N3O4S/c1-4-16-26(29,19-28)24(31)34-23-18-20-15-17-27(23,25(20,2)3)35(32,33)30(21-11-7-5-8-12-21)22-13-9-6-10-14-22/h20-23H,4-18,29H2,1-3H3/t20-,23-,26+,27-/m1/s1. The molecular weight excluding hydrogens is 462 g/mol. The first-order valence-corrected chi connectivity index (χ1v) is 15.4. The van der Waals surface area contributed by atoms with Gasteiger partial charge in [0.15, 0.2) is 0 Å². The Kier molecular flexibility index (Phi) is 7.64. The zero-order valence-electron chi connectivity index (χ0n) is 21.9. The van der Waals surface area contributed by atoms with Crippen LogP contribution in [0.15, 0.2) is 0 Å². The van der Waals surface area contributed by atoms with Crippen LogP contribution in [0.5, 0.6) is 0 Å². The molecule has 2 bridgehead atoms. The van der Waals surface area contributed by atoms with Crippen molar-refractivity contribution in [2.24, 2.45) is 17.1 Å². The first kappa shape index (κ1) is 26.9. The minimum Gasteiger partial charge on any atom is -0.458 e. The van der Waals surface area contributed by atoms with Crippen molar-refractivity contribution in [3.63, 3.8) is 0 Å². The van der Waals surface area contributed by atoms with Crippen molar-refractivity contribution in [1.29, 1.82) is 5.26 Å². The van der Waals surface area contributed by atoms with Crippen LogP contribution in [0.2, 0.25) is 0 Å². The van der Waals surface area contributed by atoms with Crippen LogP contribution < -0.4 is 5.73 Å². The van der Waals surface area contributed by atoms with E-state index < -0.39 is 37.8 Å². The molecule has 0 aliphatic heterocycles. The molecule has 4 fully saturated rings. The maximum Gasteiger partial charge on any atom is 0.341 e. The predicted molar refractivity (Wildman–Crippen MR) is 136 cm³/mol. The van der Waals surface area contributed by atoms with E-state index in [4.69, 9.17) is 10.5 Å². The lowest BCUT2D eigenvalue weighted by molar-refractivity contribution is -0.156. The Bertz CT molecular complexity index is 915. The van der Waals surface area contributed by atoms with E-state index in [0.717, 1.165) is 70.6 Å². The van der Waals surface area contributed by atoms with Crippen molar-refractivity contribution in [3.8, 4) is 6.07 Å². The molecule has 4 aliphatic carbocycles. The zero-order chi connectivity index (χ0) is 25.5. The lowest BCUT2D eigenvalue weighted by Crippen LogP contribution is -2.64. The van der Waals surface area contributed by atoms with Crippen molar-refractivity contribution in [2.75, 3.05) is 0 Å². The number of rotatable bonds is 8. The predicted octanol–water partition coefficient (Wildman–Crippen LogP) is 4.80. The molecule has 2 N–H and O–H groups in total. The molecule has 0 aromatic heterocycles. The van der Waals surface area contributed by atoms with Crippen molar-refractivity contribution in [3.05, 3.63) is 0 Å². The number of nitriles is 1. The number of ether oxygens (including phenoxy) is 1. The van der Waals surface area contributed by atoms with Crippen LogP contribution in [0.3, 0.4) is 0 Å². The molecule has 8 heteroatoms. The van der Waals surface area contributed by atoms with Crippen LogP contribution in [0.4, 0.5) is 0 Å². The molecule has 35 heavy (non-hydrogen) atoms. The van der Waals surface area contributed by atoms with Crippen LogP contribution in [-0.4, -0.2) is 47.2 Å². The van der Waals surface area contributed by atoms with Gasteiger partial charge in [-0.15, -0.1) is 0 Å². The maximum absolute atomic E-state index is 15.0. The second kappa shape index (κ2) is 9.95. The van der Waals surface area contributed by atoms with Crippen molar-refractivity contribution in [1.82, 2.24) is 4.31 Å². The van der Waals surface area contributed by atoms with Crippen LogP contribution in [0.25, 0.3) is 0 Å². The molecule has 0 heterocycles. The Labute approximate surface area is 212 Å². The number of fused-ring (bicyclic) bond motifs is 2. The Morgan fingerprint density at radius 1 is 1.06 bits per heavy atom. The number of carbonyl (C=O) groups is 1. The van der Waals surface area contributed by atoms with Gasteiger partial charge >= 0.3 is 5.97 Å². The summed E-state index contributed by atoms with van der Waals surface area (Å²) in [4.78, 5) is 13.2. The minimum absolute atomic E-state index is 0.0332. The van der Waals surface area contributed by atoms with Crippen LogP contribution >= 0.6 is 0 Å². The Morgan fingerprint density at radius 3 is 2.06 bits per heavy atom. The first-order chi connectivity index (χ1) is 16.5. The monoisotopic (exact) mass is 507 g/mol. The van der Waals surface area contributed by atoms with Gasteiger partial charge in [0.2, 0.25) is 15.6 Å². The van der Waals surface area contributed by atoms with Gasteiger partial charge in [-0.2, -0.15) is 9.57 Å². The topological polar surface area (TPSA) is 113 Å². The van der Waals surface area contributed by atoms with E-state index in [-0.39, 0.29) is 24.4 Å². The van der Waals surface area contributed by atoms with Crippen molar-refractivity contribution < 1.29 is 17.9 Å². The molecule has 4 atom stereocenters. The Balaban J connectivity index is 1.74. The average molecular weight is 508 g/mol. The molecule has 4 rings (SSSR count). The van der Waals surface area contributed by atoms with Gasteiger partial charge in [-0.05, 0) is 62.7 Å². The van der Waals surface area contributed by atoms with Crippen LogP contribution in [0, 0.1) is 22.7 Å². The number of hydrogen-bond donors (Lipinski definition) is 1. The van der Waals surface area contributed by atoms with E-state index in [1.54, 1.807) is 0 Å². The SMILES string of the molecule is CCC[C@](N)(C#N)C(=O)O[C@@H]1C[C@H]2CC[C@]1(S(=O)(=O)N(C1CCCCC1)C1CCCCC1)C2(C)C. The molecule has 7 nitrogen and oxygen atoms in total. The van der Waals surface area contributed by atoms with E-state index in [9.17, 15) is 10.1 Å². The molecule has 0 unspecified atom stereocenters. The lowest BCUT2D eigenvalue weighted by Gasteiger charge is -2.49. The Hall–Kier alpha value is -1.17. The van der Waals surface area contributed by atoms with E-state index in [0.29, 0.717) is 19.3 Å². The summed E-state index contributed by atoms with van der Waals surface area (Å²) in [5, 5.41) is 9.65. The molecule has 198 valence electrons. The number of carbonyl (C=O) groups excluding carboxylic acids is 1. The van der Waals surface area contributed by atoms with Crippen molar-refractivity contribution in [2.45, 2.75) is 146 Å². The van der Waals surface area contributed by atoms with E-state index in [1.807, 2.05) is 17.3 Å². The first-order valence-electron chi connectivity index (χ1n) is 14.0. The molecule has 0 amide bonds. The average Bonchev–Trinajstić information content (AvgIpc) is 3.23. The van der Waals surface area contributed by atoms with Gasteiger partial charge in [0.25, 0.3) is 0 Å². The summed E-state index contributed by atoms with van der Waals surface area (Å²) in [5.41, 5.74) is 3.89. The second-order valence-corrected chi connectivity index (χ2v) is 14.3. The molecule has 0 saturated heterocycles. The van der Waals surface area contributed by atoms with Gasteiger partial charge in [0, 0.05) is 12.1 Å². The highest BCUT2D eigenvalue weighted by Crippen LogP contribution is 2.65. The Morgan fingerprint density at radius 2 is 1.60 bits per heavy atom. The molecule has 0 aromatic rings. The molecule has 0 radical (unpaired) electrons. The van der Waals surface area contributed by atoms with Crippen LogP contribution in [0.1, 0.15) is 117 Å². The summed E-state index contributed by atoms with van der Waals surface area (Å²) >= 11 is 0. The summed E-state index contributed by atoms with van der Waals surface area (Å²) in [6, 6.07) is 2.01.